The lowest BCUT2D eigenvalue weighted by Gasteiger charge is -2.23. The number of aromatic nitrogens is 4. The zero-order chi connectivity index (χ0) is 17.8. The van der Waals surface area contributed by atoms with Crippen molar-refractivity contribution in [3.8, 4) is 10.7 Å². The Morgan fingerprint density at radius 2 is 2.08 bits per heavy atom. The number of carbonyl (C=O) groups is 1. The average molecular weight is 367 g/mol. The first-order chi connectivity index (χ1) is 12.8. The monoisotopic (exact) mass is 367 g/mol. The molecule has 1 N–H and O–H groups in total. The largest absolute Gasteiger partial charge is 0.311 e. The van der Waals surface area contributed by atoms with Crippen molar-refractivity contribution in [1.82, 2.24) is 19.7 Å². The average Bonchev–Trinajstić information content (AvgIpc) is 3.33. The van der Waals surface area contributed by atoms with Gasteiger partial charge in [-0.2, -0.15) is 5.10 Å². The van der Waals surface area contributed by atoms with Gasteiger partial charge in [-0.15, -0.1) is 11.3 Å². The van der Waals surface area contributed by atoms with Gasteiger partial charge in [0.05, 0.1) is 30.0 Å². The highest BCUT2D eigenvalue weighted by Gasteiger charge is 2.19. The zero-order valence-corrected chi connectivity index (χ0v) is 15.3. The molecule has 0 aliphatic heterocycles. The topological polar surface area (TPSA) is 72.7 Å². The molecule has 134 valence electrons. The summed E-state index contributed by atoms with van der Waals surface area (Å²) in [6.45, 7) is 0. The second kappa shape index (κ2) is 7.78. The summed E-state index contributed by atoms with van der Waals surface area (Å²) in [5, 5.41) is 10.2. The lowest BCUT2D eigenvalue weighted by atomic mass is 9.96. The molecule has 6 nitrogen and oxygen atoms in total. The summed E-state index contributed by atoms with van der Waals surface area (Å²) in [5.74, 6) is 0.711. The second-order valence-electron chi connectivity index (χ2n) is 6.54. The van der Waals surface area contributed by atoms with Crippen LogP contribution in [-0.4, -0.2) is 25.7 Å². The van der Waals surface area contributed by atoms with Crippen LogP contribution in [0.15, 0.2) is 42.0 Å². The van der Waals surface area contributed by atoms with Gasteiger partial charge in [-0.05, 0) is 25.0 Å². The molecule has 1 saturated carbocycles. The smallest absolute Gasteiger partial charge is 0.231 e. The van der Waals surface area contributed by atoms with Crippen molar-refractivity contribution in [2.45, 2.75) is 44.6 Å². The Labute approximate surface area is 156 Å². The summed E-state index contributed by atoms with van der Waals surface area (Å²) < 4.78 is 1.97. The first-order valence-corrected chi connectivity index (χ1v) is 9.87. The van der Waals surface area contributed by atoms with Crippen molar-refractivity contribution in [2.75, 3.05) is 5.32 Å². The van der Waals surface area contributed by atoms with Crippen LogP contribution in [0.3, 0.4) is 0 Å². The highest BCUT2D eigenvalue weighted by atomic mass is 32.1. The summed E-state index contributed by atoms with van der Waals surface area (Å²) in [7, 11) is 0. The SMILES string of the molecule is O=C(Cc1csc(-c2ccccn2)n1)Nc1ccnn1C1CCCCC1. The molecule has 3 aromatic heterocycles. The maximum atomic E-state index is 12.5. The molecule has 26 heavy (non-hydrogen) atoms. The van der Waals surface area contributed by atoms with Crippen molar-refractivity contribution >= 4 is 23.1 Å². The van der Waals surface area contributed by atoms with Crippen LogP contribution in [0.1, 0.15) is 43.8 Å². The molecule has 3 heterocycles. The van der Waals surface area contributed by atoms with Crippen molar-refractivity contribution in [1.29, 1.82) is 0 Å². The molecule has 7 heteroatoms. The number of nitrogens with one attached hydrogen (secondary N) is 1. The molecule has 4 rings (SSSR count). The third-order valence-corrected chi connectivity index (χ3v) is 5.55. The highest BCUT2D eigenvalue weighted by Crippen LogP contribution is 2.30. The van der Waals surface area contributed by atoms with E-state index in [0.29, 0.717) is 6.04 Å². The van der Waals surface area contributed by atoms with Gasteiger partial charge >= 0.3 is 0 Å². The van der Waals surface area contributed by atoms with Crippen LogP contribution in [0.5, 0.6) is 0 Å². The number of amides is 1. The van der Waals surface area contributed by atoms with Crippen LogP contribution in [0.2, 0.25) is 0 Å². The van der Waals surface area contributed by atoms with E-state index in [2.05, 4.69) is 20.4 Å². The maximum absolute atomic E-state index is 12.5. The molecule has 0 aromatic carbocycles. The lowest BCUT2D eigenvalue weighted by Crippen LogP contribution is -2.21. The van der Waals surface area contributed by atoms with Gasteiger partial charge in [0.25, 0.3) is 0 Å². The molecule has 1 amide bonds. The molecule has 0 spiro atoms. The van der Waals surface area contributed by atoms with Crippen LogP contribution in [0.25, 0.3) is 10.7 Å². The Morgan fingerprint density at radius 3 is 2.88 bits per heavy atom. The fourth-order valence-electron chi connectivity index (χ4n) is 3.38. The number of hydrogen-bond acceptors (Lipinski definition) is 5. The van der Waals surface area contributed by atoms with Gasteiger partial charge in [0, 0.05) is 17.6 Å². The fourth-order valence-corrected chi connectivity index (χ4v) is 4.17. The number of carbonyl (C=O) groups excluding carboxylic acids is 1. The summed E-state index contributed by atoms with van der Waals surface area (Å²) in [6.07, 6.45) is 9.76. The third-order valence-electron chi connectivity index (χ3n) is 4.64. The van der Waals surface area contributed by atoms with Crippen LogP contribution in [0, 0.1) is 0 Å². The van der Waals surface area contributed by atoms with Crippen LogP contribution in [0.4, 0.5) is 5.82 Å². The number of hydrogen-bond donors (Lipinski definition) is 1. The Morgan fingerprint density at radius 1 is 1.19 bits per heavy atom. The molecule has 0 unspecified atom stereocenters. The van der Waals surface area contributed by atoms with Crippen molar-refractivity contribution in [2.24, 2.45) is 0 Å². The minimum atomic E-state index is -0.0690. The Kier molecular flexibility index (Phi) is 5.06. The van der Waals surface area contributed by atoms with E-state index in [4.69, 9.17) is 0 Å². The van der Waals surface area contributed by atoms with E-state index in [-0.39, 0.29) is 12.3 Å². The predicted octanol–water partition coefficient (Wildman–Crippen LogP) is 4.09. The first-order valence-electron chi connectivity index (χ1n) is 8.99. The number of pyridine rings is 1. The van der Waals surface area contributed by atoms with Gasteiger partial charge < -0.3 is 5.32 Å². The minimum Gasteiger partial charge on any atom is -0.311 e. The summed E-state index contributed by atoms with van der Waals surface area (Å²) >= 11 is 1.51. The maximum Gasteiger partial charge on any atom is 0.231 e. The molecule has 0 saturated heterocycles. The Balaban J connectivity index is 1.41. The zero-order valence-electron chi connectivity index (χ0n) is 14.5. The van der Waals surface area contributed by atoms with E-state index in [1.165, 1.54) is 30.6 Å². The van der Waals surface area contributed by atoms with Gasteiger partial charge in [-0.25, -0.2) is 9.67 Å². The van der Waals surface area contributed by atoms with E-state index in [1.807, 2.05) is 34.3 Å². The predicted molar refractivity (Wildman–Crippen MR) is 102 cm³/mol. The van der Waals surface area contributed by atoms with E-state index in [9.17, 15) is 4.79 Å². The molecule has 1 aliphatic rings. The molecule has 1 fully saturated rings. The standard InChI is InChI=1S/C19H21N5OS/c25-18(12-14-13-26-19(22-14)16-8-4-5-10-20-16)23-17-9-11-21-24(17)15-6-2-1-3-7-15/h4-5,8-11,13,15H,1-3,6-7,12H2,(H,23,25). The van der Waals surface area contributed by atoms with Gasteiger partial charge in [0.2, 0.25) is 5.91 Å². The van der Waals surface area contributed by atoms with Crippen LogP contribution in [-0.2, 0) is 11.2 Å². The van der Waals surface area contributed by atoms with Gasteiger partial charge in [-0.1, -0.05) is 25.3 Å². The van der Waals surface area contributed by atoms with E-state index < -0.39 is 0 Å². The first kappa shape index (κ1) is 16.9. The van der Waals surface area contributed by atoms with Gasteiger partial charge in [0.1, 0.15) is 10.8 Å². The molecule has 0 atom stereocenters. The van der Waals surface area contributed by atoms with E-state index in [1.54, 1.807) is 12.4 Å². The Hall–Kier alpha value is -2.54. The molecule has 0 bridgehead atoms. The highest BCUT2D eigenvalue weighted by molar-refractivity contribution is 7.13. The van der Waals surface area contributed by atoms with E-state index >= 15 is 0 Å². The van der Waals surface area contributed by atoms with Crippen molar-refractivity contribution < 1.29 is 4.79 Å². The molecule has 0 radical (unpaired) electrons. The summed E-state index contributed by atoms with van der Waals surface area (Å²) in [5.41, 5.74) is 1.59. The van der Waals surface area contributed by atoms with E-state index in [0.717, 1.165) is 35.1 Å². The minimum absolute atomic E-state index is 0.0690. The van der Waals surface area contributed by atoms with Gasteiger partial charge in [0.15, 0.2) is 0 Å². The van der Waals surface area contributed by atoms with Crippen molar-refractivity contribution in [3.63, 3.8) is 0 Å². The number of anilines is 1. The second-order valence-corrected chi connectivity index (χ2v) is 7.39. The summed E-state index contributed by atoms with van der Waals surface area (Å²) in [6, 6.07) is 7.99. The van der Waals surface area contributed by atoms with Crippen LogP contribution >= 0.6 is 11.3 Å². The number of nitrogens with zero attached hydrogens (tertiary/aromatic N) is 4. The Bertz CT molecular complexity index is 867. The quantitative estimate of drug-likeness (QED) is 0.737. The normalized spacial score (nSPS) is 15.1. The van der Waals surface area contributed by atoms with Crippen LogP contribution < -0.4 is 5.32 Å². The number of thiazole rings is 1. The third kappa shape index (κ3) is 3.83. The molecule has 1 aliphatic carbocycles. The van der Waals surface area contributed by atoms with Gasteiger partial charge in [-0.3, -0.25) is 9.78 Å². The summed E-state index contributed by atoms with van der Waals surface area (Å²) in [4.78, 5) is 21.3. The number of rotatable bonds is 5. The lowest BCUT2D eigenvalue weighted by molar-refractivity contribution is -0.115. The molecular formula is C19H21N5OS. The fraction of sp³-hybridized carbons (Fsp3) is 0.368. The molecule has 3 aromatic rings. The molecular weight excluding hydrogens is 346 g/mol. The van der Waals surface area contributed by atoms with Crippen molar-refractivity contribution in [3.05, 3.63) is 47.7 Å².